The first kappa shape index (κ1) is 17.4. The third-order valence-corrected chi connectivity index (χ3v) is 4.75. The van der Waals surface area contributed by atoms with Gasteiger partial charge in [-0.25, -0.2) is 4.98 Å². The van der Waals surface area contributed by atoms with Crippen LogP contribution in [0.25, 0.3) is 0 Å². The molecule has 2 aromatic heterocycles. The lowest BCUT2D eigenvalue weighted by molar-refractivity contribution is -0.123. The largest absolute Gasteiger partial charge is 0.382 e. The van der Waals surface area contributed by atoms with Gasteiger partial charge in [-0.2, -0.15) is 0 Å². The fourth-order valence-electron chi connectivity index (χ4n) is 3.23. The van der Waals surface area contributed by atoms with E-state index in [1.807, 2.05) is 30.3 Å². The third kappa shape index (κ3) is 3.75. The average Bonchev–Trinajstić information content (AvgIpc) is 2.73. The standard InChI is InChI=1S/C19H21N5O3/c25-18-14(19(26)22-11-13-3-1-2-6-20-13)12-21-15-4-5-16(23-17(15)18)24-7-9-27-10-8-24/h1-6,14,21H,7-12H2,(H,22,26). The van der Waals surface area contributed by atoms with Gasteiger partial charge in [-0.3, -0.25) is 14.6 Å². The summed E-state index contributed by atoms with van der Waals surface area (Å²) in [5.74, 6) is -0.629. The van der Waals surface area contributed by atoms with Crippen LogP contribution in [0.15, 0.2) is 36.5 Å². The molecule has 2 aliphatic heterocycles. The van der Waals surface area contributed by atoms with Crippen molar-refractivity contribution >= 4 is 23.2 Å². The van der Waals surface area contributed by atoms with E-state index in [9.17, 15) is 9.59 Å². The zero-order chi connectivity index (χ0) is 18.6. The second-order valence-corrected chi connectivity index (χ2v) is 6.50. The molecule has 1 fully saturated rings. The van der Waals surface area contributed by atoms with Crippen molar-refractivity contribution < 1.29 is 14.3 Å². The molecule has 0 radical (unpaired) electrons. The maximum absolute atomic E-state index is 12.9. The van der Waals surface area contributed by atoms with Gasteiger partial charge in [0.15, 0.2) is 5.78 Å². The summed E-state index contributed by atoms with van der Waals surface area (Å²) in [6, 6.07) is 9.25. The van der Waals surface area contributed by atoms with E-state index in [2.05, 4.69) is 25.5 Å². The SMILES string of the molecule is O=C(NCc1ccccn1)C1CNc2ccc(N3CCOCC3)nc2C1=O. The molecule has 4 heterocycles. The first-order valence-corrected chi connectivity index (χ1v) is 9.02. The van der Waals surface area contributed by atoms with Crippen LogP contribution >= 0.6 is 0 Å². The number of hydrogen-bond donors (Lipinski definition) is 2. The minimum absolute atomic E-state index is 0.252. The van der Waals surface area contributed by atoms with E-state index in [0.29, 0.717) is 24.6 Å². The monoisotopic (exact) mass is 367 g/mol. The predicted molar refractivity (Wildman–Crippen MR) is 99.7 cm³/mol. The highest BCUT2D eigenvalue weighted by atomic mass is 16.5. The van der Waals surface area contributed by atoms with Crippen LogP contribution in [0.2, 0.25) is 0 Å². The molecule has 0 aromatic carbocycles. The van der Waals surface area contributed by atoms with E-state index < -0.39 is 5.92 Å². The Bertz CT molecular complexity index is 836. The second-order valence-electron chi connectivity index (χ2n) is 6.50. The van der Waals surface area contributed by atoms with E-state index in [0.717, 1.165) is 24.6 Å². The predicted octanol–water partition coefficient (Wildman–Crippen LogP) is 0.854. The molecule has 1 unspecified atom stereocenters. The minimum atomic E-state index is -0.798. The normalized spacial score (nSPS) is 19.2. The Morgan fingerprint density at radius 1 is 1.26 bits per heavy atom. The smallest absolute Gasteiger partial charge is 0.233 e. The Hall–Kier alpha value is -3.00. The van der Waals surface area contributed by atoms with E-state index in [-0.39, 0.29) is 24.8 Å². The average molecular weight is 367 g/mol. The van der Waals surface area contributed by atoms with Crippen molar-refractivity contribution in [2.24, 2.45) is 5.92 Å². The number of rotatable bonds is 4. The molecule has 8 nitrogen and oxygen atoms in total. The highest BCUT2D eigenvalue weighted by Crippen LogP contribution is 2.26. The molecule has 0 bridgehead atoms. The Morgan fingerprint density at radius 2 is 2.11 bits per heavy atom. The summed E-state index contributed by atoms with van der Waals surface area (Å²) in [5, 5.41) is 5.94. The van der Waals surface area contributed by atoms with Crippen LogP contribution < -0.4 is 15.5 Å². The second kappa shape index (κ2) is 7.71. The fraction of sp³-hybridized carbons (Fsp3) is 0.368. The molecule has 2 aliphatic rings. The molecule has 1 saturated heterocycles. The molecular weight excluding hydrogens is 346 g/mol. The highest BCUT2D eigenvalue weighted by molar-refractivity contribution is 6.13. The van der Waals surface area contributed by atoms with Crippen LogP contribution in [0.1, 0.15) is 16.2 Å². The van der Waals surface area contributed by atoms with E-state index in [1.165, 1.54) is 0 Å². The van der Waals surface area contributed by atoms with Gasteiger partial charge in [-0.15, -0.1) is 0 Å². The van der Waals surface area contributed by atoms with Crippen molar-refractivity contribution in [2.75, 3.05) is 43.1 Å². The summed E-state index contributed by atoms with van der Waals surface area (Å²) in [7, 11) is 0. The van der Waals surface area contributed by atoms with Crippen LogP contribution in [-0.2, 0) is 16.1 Å². The van der Waals surface area contributed by atoms with E-state index >= 15 is 0 Å². The molecule has 0 saturated carbocycles. The molecule has 8 heteroatoms. The number of nitrogens with one attached hydrogen (secondary N) is 2. The van der Waals surface area contributed by atoms with Crippen molar-refractivity contribution in [3.63, 3.8) is 0 Å². The number of anilines is 2. The van der Waals surface area contributed by atoms with E-state index in [4.69, 9.17) is 4.74 Å². The number of Topliss-reactive ketones (excluding diaryl/α,β-unsaturated/α-hetero) is 1. The number of fused-ring (bicyclic) bond motifs is 1. The molecule has 0 aliphatic carbocycles. The summed E-state index contributed by atoms with van der Waals surface area (Å²) in [5.41, 5.74) is 1.74. The molecule has 4 rings (SSSR count). The zero-order valence-electron chi connectivity index (χ0n) is 14.9. The van der Waals surface area contributed by atoms with Crippen LogP contribution in [0.5, 0.6) is 0 Å². The number of carbonyl (C=O) groups is 2. The molecular formula is C19H21N5O3. The maximum atomic E-state index is 12.9. The van der Waals surface area contributed by atoms with Crippen molar-refractivity contribution in [1.29, 1.82) is 0 Å². The Balaban J connectivity index is 1.47. The number of carbonyl (C=O) groups excluding carboxylic acids is 2. The Kier molecular flexibility index (Phi) is 4.97. The van der Waals surface area contributed by atoms with Crippen molar-refractivity contribution in [1.82, 2.24) is 15.3 Å². The lowest BCUT2D eigenvalue weighted by Crippen LogP contribution is -2.43. The molecule has 140 valence electrons. The van der Waals surface area contributed by atoms with Crippen molar-refractivity contribution in [2.45, 2.75) is 6.54 Å². The van der Waals surface area contributed by atoms with Gasteiger partial charge in [0.1, 0.15) is 17.4 Å². The quantitative estimate of drug-likeness (QED) is 0.774. The number of amides is 1. The van der Waals surface area contributed by atoms with Crippen molar-refractivity contribution in [3.05, 3.63) is 47.9 Å². The first-order valence-electron chi connectivity index (χ1n) is 9.02. The number of morpholine rings is 1. The summed E-state index contributed by atoms with van der Waals surface area (Å²) in [4.78, 5) is 36.2. The number of nitrogens with zero attached hydrogens (tertiary/aromatic N) is 3. The lowest BCUT2D eigenvalue weighted by Gasteiger charge is -2.29. The fourth-order valence-corrected chi connectivity index (χ4v) is 3.23. The van der Waals surface area contributed by atoms with Gasteiger partial charge in [-0.05, 0) is 24.3 Å². The summed E-state index contributed by atoms with van der Waals surface area (Å²) >= 11 is 0. The topological polar surface area (TPSA) is 96.5 Å². The first-order chi connectivity index (χ1) is 13.2. The van der Waals surface area contributed by atoms with Crippen LogP contribution in [0, 0.1) is 5.92 Å². The number of ether oxygens (including phenoxy) is 1. The lowest BCUT2D eigenvalue weighted by atomic mass is 9.95. The number of hydrogen-bond acceptors (Lipinski definition) is 7. The van der Waals surface area contributed by atoms with Gasteiger partial charge < -0.3 is 20.3 Å². The highest BCUT2D eigenvalue weighted by Gasteiger charge is 2.34. The number of pyridine rings is 2. The van der Waals surface area contributed by atoms with Gasteiger partial charge >= 0.3 is 0 Å². The molecule has 1 amide bonds. The molecule has 27 heavy (non-hydrogen) atoms. The zero-order valence-corrected chi connectivity index (χ0v) is 14.9. The molecule has 2 N–H and O–H groups in total. The van der Waals surface area contributed by atoms with Gasteiger partial charge in [0.25, 0.3) is 0 Å². The van der Waals surface area contributed by atoms with Crippen LogP contribution in [-0.4, -0.2) is 54.5 Å². The number of ketones is 1. The van der Waals surface area contributed by atoms with Crippen molar-refractivity contribution in [3.8, 4) is 0 Å². The van der Waals surface area contributed by atoms with Gasteiger partial charge in [0.05, 0.1) is 31.1 Å². The van der Waals surface area contributed by atoms with E-state index in [1.54, 1.807) is 6.20 Å². The molecule has 0 spiro atoms. The summed E-state index contributed by atoms with van der Waals surface area (Å²) in [6.07, 6.45) is 1.67. The van der Waals surface area contributed by atoms with Crippen LogP contribution in [0.3, 0.4) is 0 Å². The molecule has 1 atom stereocenters. The van der Waals surface area contributed by atoms with Gasteiger partial charge in [0.2, 0.25) is 5.91 Å². The maximum Gasteiger partial charge on any atom is 0.233 e. The van der Waals surface area contributed by atoms with Gasteiger partial charge in [-0.1, -0.05) is 6.07 Å². The minimum Gasteiger partial charge on any atom is -0.382 e. The third-order valence-electron chi connectivity index (χ3n) is 4.75. The van der Waals surface area contributed by atoms with Crippen LogP contribution in [0.4, 0.5) is 11.5 Å². The van der Waals surface area contributed by atoms with Gasteiger partial charge in [0, 0.05) is 25.8 Å². The summed E-state index contributed by atoms with van der Waals surface area (Å²) < 4.78 is 5.36. The number of aromatic nitrogens is 2. The molecule has 2 aromatic rings. The Morgan fingerprint density at radius 3 is 2.89 bits per heavy atom. The Labute approximate surface area is 156 Å². The summed E-state index contributed by atoms with van der Waals surface area (Å²) in [6.45, 7) is 3.31.